The van der Waals surface area contributed by atoms with Crippen LogP contribution in [-0.2, 0) is 4.79 Å². The predicted molar refractivity (Wildman–Crippen MR) is 102 cm³/mol. The summed E-state index contributed by atoms with van der Waals surface area (Å²) in [4.78, 5) is 41.6. The third-order valence-corrected chi connectivity index (χ3v) is 4.73. The molecule has 0 unspecified atom stereocenters. The summed E-state index contributed by atoms with van der Waals surface area (Å²) in [5.41, 5.74) is 0.933. The van der Waals surface area contributed by atoms with Crippen molar-refractivity contribution in [2.75, 3.05) is 13.1 Å². The molecule has 10 heteroatoms. The molecular weight excluding hydrogens is 404 g/mol. The van der Waals surface area contributed by atoms with Crippen LogP contribution in [0.5, 0.6) is 5.75 Å². The van der Waals surface area contributed by atoms with Gasteiger partial charge in [-0.25, -0.2) is 0 Å². The van der Waals surface area contributed by atoms with E-state index in [0.29, 0.717) is 11.1 Å². The number of benzene rings is 1. The Morgan fingerprint density at radius 1 is 1.24 bits per heavy atom. The van der Waals surface area contributed by atoms with Crippen LogP contribution >= 0.6 is 11.8 Å². The van der Waals surface area contributed by atoms with Crippen molar-refractivity contribution in [2.45, 2.75) is 6.61 Å². The molecule has 2 heterocycles. The molecule has 3 amide bonds. The van der Waals surface area contributed by atoms with Gasteiger partial charge in [-0.1, -0.05) is 12.1 Å². The molecule has 29 heavy (non-hydrogen) atoms. The standard InChI is InChI=1S/C19H15F2N3O4S/c20-18(21)28-14-5-3-12(4-6-14)10-15-17(26)24(19(27)29-15)9-8-23-16(25)13-2-1-7-22-11-13/h1-7,10-11,18H,8-9H2,(H,23,25). The molecule has 0 aliphatic carbocycles. The molecule has 0 bridgehead atoms. The van der Waals surface area contributed by atoms with Gasteiger partial charge in [0.2, 0.25) is 0 Å². The number of aromatic nitrogens is 1. The van der Waals surface area contributed by atoms with Gasteiger partial charge in [0, 0.05) is 25.5 Å². The van der Waals surface area contributed by atoms with E-state index in [1.165, 1.54) is 36.5 Å². The number of ether oxygens (including phenoxy) is 1. The van der Waals surface area contributed by atoms with Crippen LogP contribution in [0.1, 0.15) is 15.9 Å². The smallest absolute Gasteiger partial charge is 0.387 e. The van der Waals surface area contributed by atoms with Gasteiger partial charge in [-0.2, -0.15) is 8.78 Å². The largest absolute Gasteiger partial charge is 0.435 e. The zero-order chi connectivity index (χ0) is 20.8. The van der Waals surface area contributed by atoms with Gasteiger partial charge >= 0.3 is 6.61 Å². The van der Waals surface area contributed by atoms with Gasteiger partial charge in [0.05, 0.1) is 10.5 Å². The summed E-state index contributed by atoms with van der Waals surface area (Å²) in [6.07, 6.45) is 4.45. The Bertz CT molecular complexity index is 936. The number of hydrogen-bond acceptors (Lipinski definition) is 6. The van der Waals surface area contributed by atoms with E-state index in [1.54, 1.807) is 18.3 Å². The average molecular weight is 419 g/mol. The summed E-state index contributed by atoms with van der Waals surface area (Å²) in [6.45, 7) is -2.80. The molecule has 2 aromatic rings. The van der Waals surface area contributed by atoms with Crippen molar-refractivity contribution in [1.29, 1.82) is 0 Å². The summed E-state index contributed by atoms with van der Waals surface area (Å²) in [5, 5.41) is 2.17. The lowest BCUT2D eigenvalue weighted by Crippen LogP contribution is -2.37. The summed E-state index contributed by atoms with van der Waals surface area (Å²) in [5.74, 6) is -0.843. The lowest BCUT2D eigenvalue weighted by molar-refractivity contribution is -0.122. The molecule has 1 aromatic carbocycles. The van der Waals surface area contributed by atoms with Gasteiger partial charge in [-0.05, 0) is 47.7 Å². The summed E-state index contributed by atoms with van der Waals surface area (Å²) in [7, 11) is 0. The van der Waals surface area contributed by atoms with Crippen LogP contribution < -0.4 is 10.1 Å². The molecule has 150 valence electrons. The first kappa shape index (κ1) is 20.5. The molecule has 1 N–H and O–H groups in total. The fourth-order valence-electron chi connectivity index (χ4n) is 2.47. The van der Waals surface area contributed by atoms with Gasteiger partial charge in [-0.3, -0.25) is 24.3 Å². The zero-order valence-electron chi connectivity index (χ0n) is 14.9. The van der Waals surface area contributed by atoms with E-state index in [-0.39, 0.29) is 29.7 Å². The van der Waals surface area contributed by atoms with Crippen molar-refractivity contribution in [1.82, 2.24) is 15.2 Å². The van der Waals surface area contributed by atoms with E-state index in [9.17, 15) is 23.2 Å². The molecule has 0 spiro atoms. The van der Waals surface area contributed by atoms with Gasteiger partial charge in [0.25, 0.3) is 17.1 Å². The third-order valence-electron chi connectivity index (χ3n) is 3.82. The Labute approximate surface area is 168 Å². The second kappa shape index (κ2) is 9.28. The number of nitrogens with zero attached hydrogens (tertiary/aromatic N) is 2. The maximum Gasteiger partial charge on any atom is 0.387 e. The monoisotopic (exact) mass is 419 g/mol. The number of halogens is 2. The molecule has 1 aliphatic rings. The summed E-state index contributed by atoms with van der Waals surface area (Å²) in [6, 6.07) is 8.91. The average Bonchev–Trinajstić information content (AvgIpc) is 2.97. The first-order chi connectivity index (χ1) is 13.9. The van der Waals surface area contributed by atoms with Crippen molar-refractivity contribution in [2.24, 2.45) is 0 Å². The molecule has 1 aromatic heterocycles. The SMILES string of the molecule is O=C(NCCN1C(=O)SC(=Cc2ccc(OC(F)F)cc2)C1=O)c1cccnc1. The Hall–Kier alpha value is -3.27. The lowest BCUT2D eigenvalue weighted by Gasteiger charge is -2.12. The number of alkyl halides is 2. The normalized spacial score (nSPS) is 15.3. The van der Waals surface area contributed by atoms with Crippen molar-refractivity contribution < 1.29 is 27.9 Å². The Morgan fingerprint density at radius 3 is 2.66 bits per heavy atom. The fraction of sp³-hybridized carbons (Fsp3) is 0.158. The maximum atomic E-state index is 12.4. The molecule has 0 saturated carbocycles. The van der Waals surface area contributed by atoms with Crippen LogP contribution in [0, 0.1) is 0 Å². The first-order valence-corrected chi connectivity index (χ1v) is 9.24. The zero-order valence-corrected chi connectivity index (χ0v) is 15.7. The predicted octanol–water partition coefficient (Wildman–Crippen LogP) is 3.15. The van der Waals surface area contributed by atoms with E-state index in [4.69, 9.17) is 0 Å². The third kappa shape index (κ3) is 5.38. The van der Waals surface area contributed by atoms with Gasteiger partial charge in [-0.15, -0.1) is 0 Å². The van der Waals surface area contributed by atoms with Crippen LogP contribution in [-0.4, -0.2) is 46.6 Å². The highest BCUT2D eigenvalue weighted by Crippen LogP contribution is 2.32. The Balaban J connectivity index is 1.57. The second-order valence-corrected chi connectivity index (χ2v) is 6.77. The number of carbonyl (C=O) groups excluding carboxylic acids is 3. The molecule has 1 aliphatic heterocycles. The van der Waals surface area contributed by atoms with Gasteiger partial charge in [0.1, 0.15) is 5.75 Å². The van der Waals surface area contributed by atoms with Gasteiger partial charge in [0.15, 0.2) is 0 Å². The lowest BCUT2D eigenvalue weighted by atomic mass is 10.2. The number of amides is 3. The molecule has 1 saturated heterocycles. The Morgan fingerprint density at radius 2 is 2.00 bits per heavy atom. The highest BCUT2D eigenvalue weighted by molar-refractivity contribution is 8.18. The van der Waals surface area contributed by atoms with Crippen molar-refractivity contribution in [3.63, 3.8) is 0 Å². The minimum absolute atomic E-state index is 0.00499. The summed E-state index contributed by atoms with van der Waals surface area (Å²) < 4.78 is 28.6. The van der Waals surface area contributed by atoms with Gasteiger partial charge < -0.3 is 10.1 Å². The minimum atomic E-state index is -2.92. The topological polar surface area (TPSA) is 88.6 Å². The van der Waals surface area contributed by atoms with E-state index in [1.807, 2.05) is 0 Å². The number of rotatable bonds is 7. The number of imide groups is 1. The molecule has 3 rings (SSSR count). The van der Waals surface area contributed by atoms with Crippen LogP contribution in [0.3, 0.4) is 0 Å². The van der Waals surface area contributed by atoms with Crippen LogP contribution in [0.2, 0.25) is 0 Å². The fourth-order valence-corrected chi connectivity index (χ4v) is 3.34. The molecule has 0 atom stereocenters. The molecule has 7 nitrogen and oxygen atoms in total. The van der Waals surface area contributed by atoms with Crippen molar-refractivity contribution >= 4 is 34.9 Å². The molecule has 1 fully saturated rings. The second-order valence-electron chi connectivity index (χ2n) is 5.78. The van der Waals surface area contributed by atoms with Crippen LogP contribution in [0.15, 0.2) is 53.7 Å². The quantitative estimate of drug-likeness (QED) is 0.694. The minimum Gasteiger partial charge on any atom is -0.435 e. The molecular formula is C19H15F2N3O4S. The van der Waals surface area contributed by atoms with E-state index < -0.39 is 17.8 Å². The van der Waals surface area contributed by atoms with Crippen molar-refractivity contribution in [3.05, 3.63) is 64.8 Å². The van der Waals surface area contributed by atoms with E-state index in [0.717, 1.165) is 16.7 Å². The number of nitrogens with one attached hydrogen (secondary N) is 1. The maximum absolute atomic E-state index is 12.4. The Kier molecular flexibility index (Phi) is 6.55. The van der Waals surface area contributed by atoms with Crippen LogP contribution in [0.4, 0.5) is 13.6 Å². The number of hydrogen-bond donors (Lipinski definition) is 1. The van der Waals surface area contributed by atoms with E-state index in [2.05, 4.69) is 15.0 Å². The number of pyridine rings is 1. The van der Waals surface area contributed by atoms with Crippen LogP contribution in [0.25, 0.3) is 6.08 Å². The molecule has 0 radical (unpaired) electrons. The summed E-state index contributed by atoms with van der Waals surface area (Å²) >= 11 is 0.771. The van der Waals surface area contributed by atoms with E-state index >= 15 is 0 Å². The first-order valence-electron chi connectivity index (χ1n) is 8.42. The number of carbonyl (C=O) groups is 3. The highest BCUT2D eigenvalue weighted by atomic mass is 32.2. The highest BCUT2D eigenvalue weighted by Gasteiger charge is 2.34. The van der Waals surface area contributed by atoms with Crippen molar-refractivity contribution in [3.8, 4) is 5.75 Å². The number of thioether (sulfide) groups is 1.